The summed E-state index contributed by atoms with van der Waals surface area (Å²) in [5, 5.41) is 6.64. The number of nitrogens with one attached hydrogen (secondary N) is 1. The zero-order chi connectivity index (χ0) is 19.6. The van der Waals surface area contributed by atoms with Crippen LogP contribution in [0.4, 0.5) is 0 Å². The van der Waals surface area contributed by atoms with E-state index < -0.39 is 0 Å². The molecule has 1 amide bonds. The van der Waals surface area contributed by atoms with E-state index in [-0.39, 0.29) is 19.1 Å². The molecule has 1 heterocycles. The number of thioether (sulfide) groups is 1. The van der Waals surface area contributed by atoms with Crippen molar-refractivity contribution in [3.8, 4) is 11.5 Å². The Labute approximate surface area is 167 Å². The summed E-state index contributed by atoms with van der Waals surface area (Å²) < 4.78 is 15.8. The van der Waals surface area contributed by atoms with Gasteiger partial charge < -0.3 is 19.3 Å². The maximum Gasteiger partial charge on any atom is 0.246 e. The molecule has 0 saturated carbocycles. The molecule has 0 spiro atoms. The van der Waals surface area contributed by atoms with Crippen LogP contribution in [-0.2, 0) is 17.9 Å². The van der Waals surface area contributed by atoms with Crippen LogP contribution in [0.2, 0.25) is 0 Å². The summed E-state index contributed by atoms with van der Waals surface area (Å²) >= 11 is 1.64. The Kier molecular flexibility index (Phi) is 7.31. The second-order valence-corrected chi connectivity index (χ2v) is 6.93. The summed E-state index contributed by atoms with van der Waals surface area (Å²) in [6.07, 6.45) is 0.418. The third-order valence-electron chi connectivity index (χ3n) is 3.72. The standard InChI is InChI=1S/C20H21N3O4S/c1-25-15-7-9-16(10-8-15)26-14-18-22-20(27-23-18)13-21-19(24)11-12-28-17-5-3-2-4-6-17/h2-10H,11-14H2,1H3,(H,21,24). The Morgan fingerprint density at radius 2 is 1.86 bits per heavy atom. The molecule has 0 bridgehead atoms. The lowest BCUT2D eigenvalue weighted by atomic mass is 10.3. The molecule has 28 heavy (non-hydrogen) atoms. The molecule has 0 radical (unpaired) electrons. The van der Waals surface area contributed by atoms with Gasteiger partial charge in [0.15, 0.2) is 6.61 Å². The first-order chi connectivity index (χ1) is 13.7. The van der Waals surface area contributed by atoms with Crippen molar-refractivity contribution in [1.82, 2.24) is 15.5 Å². The minimum Gasteiger partial charge on any atom is -0.497 e. The molecular formula is C20H21N3O4S. The molecule has 0 atom stereocenters. The topological polar surface area (TPSA) is 86.5 Å². The van der Waals surface area contributed by atoms with Gasteiger partial charge in [-0.2, -0.15) is 4.98 Å². The van der Waals surface area contributed by atoms with E-state index in [1.165, 1.54) is 0 Å². The van der Waals surface area contributed by atoms with E-state index in [1.54, 1.807) is 31.0 Å². The summed E-state index contributed by atoms with van der Waals surface area (Å²) in [6, 6.07) is 17.2. The summed E-state index contributed by atoms with van der Waals surface area (Å²) in [4.78, 5) is 17.3. The Balaban J connectivity index is 1.36. The molecule has 2 aromatic carbocycles. The Morgan fingerprint density at radius 3 is 2.61 bits per heavy atom. The Bertz CT molecular complexity index is 869. The summed E-state index contributed by atoms with van der Waals surface area (Å²) in [5.41, 5.74) is 0. The van der Waals surface area contributed by atoms with Gasteiger partial charge in [-0.15, -0.1) is 11.8 Å². The first-order valence-electron chi connectivity index (χ1n) is 8.76. The number of amides is 1. The largest absolute Gasteiger partial charge is 0.497 e. The molecule has 0 aliphatic heterocycles. The van der Waals surface area contributed by atoms with Gasteiger partial charge >= 0.3 is 0 Å². The Hall–Kier alpha value is -3.00. The van der Waals surface area contributed by atoms with Crippen LogP contribution in [0.15, 0.2) is 64.0 Å². The Morgan fingerprint density at radius 1 is 1.11 bits per heavy atom. The number of hydrogen-bond acceptors (Lipinski definition) is 7. The third-order valence-corrected chi connectivity index (χ3v) is 4.73. The lowest BCUT2D eigenvalue weighted by molar-refractivity contribution is -0.120. The van der Waals surface area contributed by atoms with Crippen molar-refractivity contribution in [3.05, 3.63) is 66.3 Å². The number of hydrogen-bond donors (Lipinski definition) is 1. The van der Waals surface area contributed by atoms with E-state index >= 15 is 0 Å². The minimum absolute atomic E-state index is 0.0577. The number of methoxy groups -OCH3 is 1. The van der Waals surface area contributed by atoms with Crippen molar-refractivity contribution in [3.63, 3.8) is 0 Å². The zero-order valence-corrected chi connectivity index (χ0v) is 16.3. The van der Waals surface area contributed by atoms with Gasteiger partial charge in [-0.25, -0.2) is 0 Å². The molecule has 0 aliphatic carbocycles. The van der Waals surface area contributed by atoms with Crippen LogP contribution >= 0.6 is 11.8 Å². The monoisotopic (exact) mass is 399 g/mol. The van der Waals surface area contributed by atoms with Gasteiger partial charge in [-0.05, 0) is 36.4 Å². The fraction of sp³-hybridized carbons (Fsp3) is 0.250. The van der Waals surface area contributed by atoms with Gasteiger partial charge in [-0.3, -0.25) is 4.79 Å². The molecule has 1 N–H and O–H groups in total. The number of carbonyl (C=O) groups excluding carboxylic acids is 1. The van der Waals surface area contributed by atoms with E-state index in [9.17, 15) is 4.79 Å². The van der Waals surface area contributed by atoms with Crippen LogP contribution in [0.5, 0.6) is 11.5 Å². The summed E-state index contributed by atoms with van der Waals surface area (Å²) in [6.45, 7) is 0.377. The molecule has 0 fully saturated rings. The number of rotatable bonds is 10. The van der Waals surface area contributed by atoms with Crippen molar-refractivity contribution < 1.29 is 18.8 Å². The van der Waals surface area contributed by atoms with Crippen LogP contribution in [0.3, 0.4) is 0 Å². The highest BCUT2D eigenvalue weighted by Crippen LogP contribution is 2.18. The fourth-order valence-electron chi connectivity index (χ4n) is 2.28. The molecule has 0 unspecified atom stereocenters. The summed E-state index contributed by atoms with van der Waals surface area (Å²) in [7, 11) is 1.61. The average Bonchev–Trinajstić information content (AvgIpc) is 3.20. The molecule has 1 aromatic heterocycles. The van der Waals surface area contributed by atoms with E-state index in [2.05, 4.69) is 15.5 Å². The van der Waals surface area contributed by atoms with Gasteiger partial charge in [0.05, 0.1) is 13.7 Å². The first-order valence-corrected chi connectivity index (χ1v) is 9.74. The van der Waals surface area contributed by atoms with Crippen LogP contribution in [-0.4, -0.2) is 28.9 Å². The van der Waals surface area contributed by atoms with Gasteiger partial charge in [-0.1, -0.05) is 23.4 Å². The van der Waals surface area contributed by atoms with E-state index in [1.807, 2.05) is 42.5 Å². The lowest BCUT2D eigenvalue weighted by Crippen LogP contribution is -2.23. The van der Waals surface area contributed by atoms with Crippen molar-refractivity contribution >= 4 is 17.7 Å². The van der Waals surface area contributed by atoms with Crippen LogP contribution in [0.1, 0.15) is 18.1 Å². The highest BCUT2D eigenvalue weighted by molar-refractivity contribution is 7.99. The van der Waals surface area contributed by atoms with Crippen molar-refractivity contribution in [2.45, 2.75) is 24.5 Å². The minimum atomic E-state index is -0.0577. The van der Waals surface area contributed by atoms with E-state index in [0.717, 1.165) is 10.6 Å². The molecule has 3 rings (SSSR count). The predicted octanol–water partition coefficient (Wildman–Crippen LogP) is 3.46. The van der Waals surface area contributed by atoms with Crippen molar-refractivity contribution in [2.24, 2.45) is 0 Å². The molecular weight excluding hydrogens is 378 g/mol. The maximum atomic E-state index is 11.9. The van der Waals surface area contributed by atoms with Crippen molar-refractivity contribution in [1.29, 1.82) is 0 Å². The van der Waals surface area contributed by atoms with Gasteiger partial charge in [0.25, 0.3) is 0 Å². The summed E-state index contributed by atoms with van der Waals surface area (Å²) in [5.74, 6) is 2.85. The van der Waals surface area contributed by atoms with Crippen LogP contribution < -0.4 is 14.8 Å². The third kappa shape index (κ3) is 6.31. The normalized spacial score (nSPS) is 10.5. The molecule has 7 nitrogen and oxygen atoms in total. The maximum absolute atomic E-state index is 11.9. The molecule has 0 saturated heterocycles. The second-order valence-electron chi connectivity index (χ2n) is 5.76. The number of aromatic nitrogens is 2. The van der Waals surface area contributed by atoms with Crippen LogP contribution in [0.25, 0.3) is 0 Å². The predicted molar refractivity (Wildman–Crippen MR) is 105 cm³/mol. The highest BCUT2D eigenvalue weighted by Gasteiger charge is 2.09. The quantitative estimate of drug-likeness (QED) is 0.523. The zero-order valence-electron chi connectivity index (χ0n) is 15.5. The molecule has 8 heteroatoms. The lowest BCUT2D eigenvalue weighted by Gasteiger charge is -2.04. The average molecular weight is 399 g/mol. The van der Waals surface area contributed by atoms with Gasteiger partial charge in [0.2, 0.25) is 17.6 Å². The second kappa shape index (κ2) is 10.4. The van der Waals surface area contributed by atoms with Crippen LogP contribution in [0, 0.1) is 0 Å². The molecule has 3 aromatic rings. The molecule has 0 aliphatic rings. The highest BCUT2D eigenvalue weighted by atomic mass is 32.2. The SMILES string of the molecule is COc1ccc(OCc2noc(CNC(=O)CCSc3ccccc3)n2)cc1. The van der Waals surface area contributed by atoms with E-state index in [4.69, 9.17) is 14.0 Å². The fourth-order valence-corrected chi connectivity index (χ4v) is 3.15. The number of benzene rings is 2. The smallest absolute Gasteiger partial charge is 0.246 e. The van der Waals surface area contributed by atoms with E-state index in [0.29, 0.717) is 29.6 Å². The van der Waals surface area contributed by atoms with Crippen molar-refractivity contribution in [2.75, 3.05) is 12.9 Å². The van der Waals surface area contributed by atoms with Gasteiger partial charge in [0.1, 0.15) is 11.5 Å². The molecule has 146 valence electrons. The number of nitrogens with zero attached hydrogens (tertiary/aromatic N) is 2. The first kappa shape index (κ1) is 19.8. The number of ether oxygens (including phenoxy) is 2. The number of carbonyl (C=O) groups is 1. The van der Waals surface area contributed by atoms with Gasteiger partial charge in [0, 0.05) is 17.1 Å².